The van der Waals surface area contributed by atoms with Crippen LogP contribution < -0.4 is 10.2 Å². The Bertz CT molecular complexity index is 841. The lowest BCUT2D eigenvalue weighted by Gasteiger charge is -2.35. The number of anilines is 1. The highest BCUT2D eigenvalue weighted by Crippen LogP contribution is 2.20. The average Bonchev–Trinajstić information content (AvgIpc) is 2.72. The van der Waals surface area contributed by atoms with Crippen molar-refractivity contribution < 1.29 is 9.59 Å². The third-order valence-corrected chi connectivity index (χ3v) is 4.82. The second-order valence-corrected chi connectivity index (χ2v) is 6.76. The van der Waals surface area contributed by atoms with E-state index in [1.54, 1.807) is 31.3 Å². The van der Waals surface area contributed by atoms with Crippen molar-refractivity contribution in [2.24, 2.45) is 0 Å². The van der Waals surface area contributed by atoms with E-state index in [4.69, 9.17) is 11.6 Å². The van der Waals surface area contributed by atoms with Crippen molar-refractivity contribution in [1.29, 1.82) is 0 Å². The number of halogens is 1. The van der Waals surface area contributed by atoms with Crippen LogP contribution in [0, 0.1) is 0 Å². The second-order valence-electron chi connectivity index (χ2n) is 6.33. The van der Waals surface area contributed by atoms with Crippen LogP contribution in [0.3, 0.4) is 0 Å². The molecule has 1 aliphatic heterocycles. The highest BCUT2D eigenvalue weighted by molar-refractivity contribution is 6.30. The maximum absolute atomic E-state index is 12.4. The molecule has 1 heterocycles. The Morgan fingerprint density at radius 3 is 2.37 bits per heavy atom. The molecule has 0 aromatic heterocycles. The molecule has 6 heteroatoms. The van der Waals surface area contributed by atoms with E-state index in [-0.39, 0.29) is 11.8 Å². The largest absolute Gasteiger partial charge is 0.368 e. The highest BCUT2D eigenvalue weighted by Gasteiger charge is 2.19. The van der Waals surface area contributed by atoms with Gasteiger partial charge in [0.2, 0.25) is 5.91 Å². The highest BCUT2D eigenvalue weighted by atomic mass is 35.5. The maximum atomic E-state index is 12.4. The Hall–Kier alpha value is -2.79. The summed E-state index contributed by atoms with van der Waals surface area (Å²) in [4.78, 5) is 28.0. The van der Waals surface area contributed by atoms with Gasteiger partial charge in [-0.25, -0.2) is 0 Å². The molecular weight excluding hydrogens is 362 g/mol. The van der Waals surface area contributed by atoms with Gasteiger partial charge in [0.25, 0.3) is 5.91 Å². The van der Waals surface area contributed by atoms with Gasteiger partial charge in [0.15, 0.2) is 0 Å². The summed E-state index contributed by atoms with van der Waals surface area (Å²) in [5, 5.41) is 3.30. The van der Waals surface area contributed by atoms with Gasteiger partial charge >= 0.3 is 0 Å². The summed E-state index contributed by atoms with van der Waals surface area (Å²) in [6.45, 7) is 2.90. The number of nitrogens with one attached hydrogen (secondary N) is 1. The molecule has 0 unspecified atom stereocenters. The molecule has 0 saturated carbocycles. The number of piperazine rings is 1. The molecule has 1 fully saturated rings. The molecule has 0 aliphatic carbocycles. The van der Waals surface area contributed by atoms with Gasteiger partial charge in [-0.1, -0.05) is 29.8 Å². The molecule has 0 spiro atoms. The molecule has 2 amide bonds. The molecular formula is C21H22ClN3O2. The Morgan fingerprint density at radius 2 is 1.74 bits per heavy atom. The predicted molar refractivity (Wildman–Crippen MR) is 109 cm³/mol. The summed E-state index contributed by atoms with van der Waals surface area (Å²) in [6.07, 6.45) is 3.36. The third-order valence-electron chi connectivity index (χ3n) is 4.58. The van der Waals surface area contributed by atoms with Crippen molar-refractivity contribution in [3.63, 3.8) is 0 Å². The van der Waals surface area contributed by atoms with Gasteiger partial charge in [0.05, 0.1) is 0 Å². The van der Waals surface area contributed by atoms with Gasteiger partial charge in [0.1, 0.15) is 0 Å². The smallest absolute Gasteiger partial charge is 0.251 e. The molecule has 0 radical (unpaired) electrons. The van der Waals surface area contributed by atoms with Crippen LogP contribution in [0.1, 0.15) is 15.9 Å². The summed E-state index contributed by atoms with van der Waals surface area (Å²) in [5.41, 5.74) is 2.56. The number of rotatable bonds is 4. The monoisotopic (exact) mass is 383 g/mol. The second kappa shape index (κ2) is 8.73. The minimum Gasteiger partial charge on any atom is -0.368 e. The maximum Gasteiger partial charge on any atom is 0.251 e. The SMILES string of the molecule is CNC(=O)c1ccc(/C=C/C(=O)N2CCN(c3cccc(Cl)c3)CC2)cc1. The lowest BCUT2D eigenvalue weighted by molar-refractivity contribution is -0.126. The molecule has 27 heavy (non-hydrogen) atoms. The normalized spacial score (nSPS) is 14.4. The first-order valence-electron chi connectivity index (χ1n) is 8.86. The topological polar surface area (TPSA) is 52.7 Å². The number of carbonyl (C=O) groups excluding carboxylic acids is 2. The van der Waals surface area contributed by atoms with Crippen LogP contribution in [0.15, 0.2) is 54.6 Å². The van der Waals surface area contributed by atoms with Crippen LogP contribution in [0.25, 0.3) is 6.08 Å². The van der Waals surface area contributed by atoms with Gasteiger partial charge in [0, 0.05) is 55.6 Å². The number of benzene rings is 2. The van der Waals surface area contributed by atoms with E-state index < -0.39 is 0 Å². The van der Waals surface area contributed by atoms with Crippen LogP contribution in [0.2, 0.25) is 5.02 Å². The molecule has 1 N–H and O–H groups in total. The van der Waals surface area contributed by atoms with E-state index in [2.05, 4.69) is 10.2 Å². The molecule has 0 atom stereocenters. The Morgan fingerprint density at radius 1 is 1.04 bits per heavy atom. The van der Waals surface area contributed by atoms with Crippen molar-refractivity contribution in [3.05, 3.63) is 70.8 Å². The molecule has 2 aromatic carbocycles. The molecule has 0 bridgehead atoms. The summed E-state index contributed by atoms with van der Waals surface area (Å²) in [7, 11) is 1.60. The molecule has 1 saturated heterocycles. The number of hydrogen-bond donors (Lipinski definition) is 1. The zero-order valence-corrected chi connectivity index (χ0v) is 15.9. The summed E-state index contributed by atoms with van der Waals surface area (Å²) in [6, 6.07) is 14.9. The minimum absolute atomic E-state index is 0.00359. The average molecular weight is 384 g/mol. The minimum atomic E-state index is -0.126. The van der Waals surface area contributed by atoms with E-state index in [1.807, 2.05) is 41.3 Å². The van der Waals surface area contributed by atoms with Crippen LogP contribution in [0.4, 0.5) is 5.69 Å². The Labute approximate surface area is 164 Å². The molecule has 3 rings (SSSR count). The van der Waals surface area contributed by atoms with Gasteiger partial charge in [-0.3, -0.25) is 9.59 Å². The van der Waals surface area contributed by atoms with E-state index in [0.717, 1.165) is 29.4 Å². The number of amides is 2. The fourth-order valence-corrected chi connectivity index (χ4v) is 3.21. The number of nitrogens with zero attached hydrogens (tertiary/aromatic N) is 2. The molecule has 1 aliphatic rings. The van der Waals surface area contributed by atoms with E-state index in [0.29, 0.717) is 18.7 Å². The van der Waals surface area contributed by atoms with Crippen molar-refractivity contribution in [1.82, 2.24) is 10.2 Å². The Balaban J connectivity index is 1.55. The van der Waals surface area contributed by atoms with Crippen LogP contribution in [-0.4, -0.2) is 49.9 Å². The van der Waals surface area contributed by atoms with Crippen LogP contribution >= 0.6 is 11.6 Å². The third kappa shape index (κ3) is 4.89. The standard InChI is InChI=1S/C21H22ClN3O2/c1-23-21(27)17-8-5-16(6-9-17)7-10-20(26)25-13-11-24(12-14-25)19-4-2-3-18(22)15-19/h2-10,15H,11-14H2,1H3,(H,23,27)/b10-7+. The van der Waals surface area contributed by atoms with Gasteiger partial charge in [-0.15, -0.1) is 0 Å². The first-order chi connectivity index (χ1) is 13.1. The predicted octanol–water partition coefficient (Wildman–Crippen LogP) is 3.06. The summed E-state index contributed by atoms with van der Waals surface area (Å²) < 4.78 is 0. The van der Waals surface area contributed by atoms with Crippen LogP contribution in [-0.2, 0) is 4.79 Å². The molecule has 2 aromatic rings. The van der Waals surface area contributed by atoms with Gasteiger partial charge in [-0.05, 0) is 42.0 Å². The van der Waals surface area contributed by atoms with Gasteiger partial charge < -0.3 is 15.1 Å². The number of hydrogen-bond acceptors (Lipinski definition) is 3. The van der Waals surface area contributed by atoms with E-state index >= 15 is 0 Å². The lowest BCUT2D eigenvalue weighted by Crippen LogP contribution is -2.48. The van der Waals surface area contributed by atoms with Gasteiger partial charge in [-0.2, -0.15) is 0 Å². The van der Waals surface area contributed by atoms with E-state index in [9.17, 15) is 9.59 Å². The van der Waals surface area contributed by atoms with Crippen molar-refractivity contribution in [2.75, 3.05) is 38.1 Å². The number of carbonyl (C=O) groups is 2. The van der Waals surface area contributed by atoms with E-state index in [1.165, 1.54) is 0 Å². The van der Waals surface area contributed by atoms with Crippen molar-refractivity contribution in [2.45, 2.75) is 0 Å². The van der Waals surface area contributed by atoms with Crippen LogP contribution in [0.5, 0.6) is 0 Å². The summed E-state index contributed by atoms with van der Waals surface area (Å²) >= 11 is 6.06. The summed E-state index contributed by atoms with van der Waals surface area (Å²) in [5.74, 6) is -0.129. The Kier molecular flexibility index (Phi) is 6.14. The van der Waals surface area contributed by atoms with Crippen molar-refractivity contribution >= 4 is 35.2 Å². The fourth-order valence-electron chi connectivity index (χ4n) is 3.02. The zero-order chi connectivity index (χ0) is 19.2. The first kappa shape index (κ1) is 19.0. The first-order valence-corrected chi connectivity index (χ1v) is 9.24. The fraction of sp³-hybridized carbons (Fsp3) is 0.238. The molecule has 5 nitrogen and oxygen atoms in total. The molecule has 140 valence electrons. The lowest BCUT2D eigenvalue weighted by atomic mass is 10.1. The quantitative estimate of drug-likeness (QED) is 0.825. The zero-order valence-electron chi connectivity index (χ0n) is 15.2. The van der Waals surface area contributed by atoms with Crippen molar-refractivity contribution in [3.8, 4) is 0 Å².